The number of allylic oxidation sites excluding steroid dienone is 2. The molecule has 0 fully saturated rings. The Morgan fingerprint density at radius 2 is 1.47 bits per heavy atom. The van der Waals surface area contributed by atoms with Crippen molar-refractivity contribution in [2.75, 3.05) is 0 Å². The lowest BCUT2D eigenvalue weighted by Crippen LogP contribution is -1.92. The molecule has 1 nitrogen and oxygen atoms in total. The van der Waals surface area contributed by atoms with Crippen molar-refractivity contribution in [1.29, 1.82) is 0 Å². The summed E-state index contributed by atoms with van der Waals surface area (Å²) in [6, 6.07) is 0. The Hall–Kier alpha value is -0.740. The molecule has 0 amide bonds. The Labute approximate surface area is 120 Å². The van der Waals surface area contributed by atoms with Crippen LogP contribution in [0.3, 0.4) is 0 Å². The molecule has 0 aliphatic rings. The molecule has 0 aromatic rings. The van der Waals surface area contributed by atoms with Crippen molar-refractivity contribution < 1.29 is 5.11 Å². The van der Waals surface area contributed by atoms with Gasteiger partial charge in [-0.1, -0.05) is 63.5 Å². The van der Waals surface area contributed by atoms with Crippen molar-refractivity contribution >= 4 is 0 Å². The number of hydrogen-bond acceptors (Lipinski definition) is 1. The van der Waals surface area contributed by atoms with Crippen molar-refractivity contribution in [3.8, 4) is 11.8 Å². The van der Waals surface area contributed by atoms with Crippen LogP contribution in [0.1, 0.15) is 84.5 Å². The second-order valence-electron chi connectivity index (χ2n) is 5.27. The first kappa shape index (κ1) is 18.3. The molecular formula is C18H32O. The molecule has 0 radical (unpaired) electrons. The van der Waals surface area contributed by atoms with Crippen molar-refractivity contribution in [3.63, 3.8) is 0 Å². The summed E-state index contributed by atoms with van der Waals surface area (Å²) in [5.41, 5.74) is 0. The van der Waals surface area contributed by atoms with Gasteiger partial charge < -0.3 is 5.11 Å². The third-order valence-corrected chi connectivity index (χ3v) is 3.12. The molecule has 0 aliphatic heterocycles. The van der Waals surface area contributed by atoms with E-state index in [1.54, 1.807) is 6.92 Å². The van der Waals surface area contributed by atoms with Crippen LogP contribution < -0.4 is 0 Å². The molecule has 0 rings (SSSR count). The van der Waals surface area contributed by atoms with E-state index < -0.39 is 6.10 Å². The fraction of sp³-hybridized carbons (Fsp3) is 0.778. The van der Waals surface area contributed by atoms with Crippen LogP contribution in [-0.2, 0) is 0 Å². The van der Waals surface area contributed by atoms with E-state index in [-0.39, 0.29) is 0 Å². The van der Waals surface area contributed by atoms with Gasteiger partial charge in [0.25, 0.3) is 0 Å². The third kappa shape index (κ3) is 17.3. The van der Waals surface area contributed by atoms with Crippen molar-refractivity contribution in [1.82, 2.24) is 0 Å². The molecule has 0 saturated heterocycles. The molecule has 110 valence electrons. The number of unbranched alkanes of at least 4 members (excludes halogenated alkanes) is 9. The number of aliphatic hydroxyl groups excluding tert-OH is 1. The molecule has 0 spiro atoms. The van der Waals surface area contributed by atoms with E-state index >= 15 is 0 Å². The van der Waals surface area contributed by atoms with E-state index in [4.69, 9.17) is 5.11 Å². The maximum Gasteiger partial charge on any atom is 0.111 e. The minimum Gasteiger partial charge on any atom is -0.381 e. The Balaban J connectivity index is 3.11. The van der Waals surface area contributed by atoms with Gasteiger partial charge in [-0.25, -0.2) is 0 Å². The molecule has 0 aromatic heterocycles. The van der Waals surface area contributed by atoms with Crippen molar-refractivity contribution in [2.45, 2.75) is 90.6 Å². The van der Waals surface area contributed by atoms with Crippen LogP contribution in [0, 0.1) is 11.8 Å². The van der Waals surface area contributed by atoms with E-state index in [0.717, 1.165) is 6.42 Å². The average Bonchev–Trinajstić information content (AvgIpc) is 2.39. The number of hydrogen-bond donors (Lipinski definition) is 1. The first-order valence-corrected chi connectivity index (χ1v) is 8.08. The highest BCUT2D eigenvalue weighted by Crippen LogP contribution is 2.09. The van der Waals surface area contributed by atoms with E-state index in [1.165, 1.54) is 64.2 Å². The predicted molar refractivity (Wildman–Crippen MR) is 85.1 cm³/mol. The third-order valence-electron chi connectivity index (χ3n) is 3.12. The molecule has 1 unspecified atom stereocenters. The summed E-state index contributed by atoms with van der Waals surface area (Å²) in [4.78, 5) is 0. The molecule has 19 heavy (non-hydrogen) atoms. The normalized spacial score (nSPS) is 12.4. The Morgan fingerprint density at radius 3 is 2.11 bits per heavy atom. The van der Waals surface area contributed by atoms with Crippen LogP contribution >= 0.6 is 0 Å². The molecule has 0 aliphatic carbocycles. The molecule has 1 atom stereocenters. The van der Waals surface area contributed by atoms with E-state index in [2.05, 4.69) is 30.9 Å². The Kier molecular flexibility index (Phi) is 14.7. The maximum atomic E-state index is 8.96. The fourth-order valence-corrected chi connectivity index (χ4v) is 1.96. The molecule has 0 saturated carbocycles. The highest BCUT2D eigenvalue weighted by molar-refractivity contribution is 5.02. The summed E-state index contributed by atoms with van der Waals surface area (Å²) < 4.78 is 0. The van der Waals surface area contributed by atoms with Gasteiger partial charge >= 0.3 is 0 Å². The molecule has 1 heteroatoms. The van der Waals surface area contributed by atoms with E-state index in [0.29, 0.717) is 0 Å². The second kappa shape index (κ2) is 15.3. The first-order chi connectivity index (χ1) is 9.27. The largest absolute Gasteiger partial charge is 0.381 e. The SMILES string of the molecule is CCCCC=CCCCCCCCCC#CC(C)O. The maximum absolute atomic E-state index is 8.96. The number of aliphatic hydroxyl groups is 1. The van der Waals surface area contributed by atoms with Crippen LogP contribution in [0.2, 0.25) is 0 Å². The predicted octanol–water partition coefficient (Wildman–Crippen LogP) is 5.24. The van der Waals surface area contributed by atoms with Gasteiger partial charge in [0, 0.05) is 6.42 Å². The summed E-state index contributed by atoms with van der Waals surface area (Å²) in [7, 11) is 0. The van der Waals surface area contributed by atoms with Crippen LogP contribution in [0.15, 0.2) is 12.2 Å². The highest BCUT2D eigenvalue weighted by Gasteiger charge is 1.90. The van der Waals surface area contributed by atoms with Gasteiger partial charge in [-0.15, -0.1) is 5.92 Å². The quantitative estimate of drug-likeness (QED) is 0.307. The van der Waals surface area contributed by atoms with Gasteiger partial charge in [0.05, 0.1) is 0 Å². The summed E-state index contributed by atoms with van der Waals surface area (Å²) in [6.45, 7) is 3.95. The summed E-state index contributed by atoms with van der Waals surface area (Å²) in [5.74, 6) is 5.79. The number of rotatable bonds is 11. The standard InChI is InChI=1S/C18H32O/c1-3-4-5-6-7-8-9-10-11-12-13-14-15-16-17-18(2)19/h6-7,18-19H,3-5,8-15H2,1-2H3. The van der Waals surface area contributed by atoms with Crippen LogP contribution in [0.5, 0.6) is 0 Å². The average molecular weight is 264 g/mol. The van der Waals surface area contributed by atoms with Gasteiger partial charge in [0.1, 0.15) is 6.10 Å². The summed E-state index contributed by atoms with van der Waals surface area (Å²) in [6.07, 6.45) is 18.1. The molecule has 0 aromatic carbocycles. The lowest BCUT2D eigenvalue weighted by molar-refractivity contribution is 0.253. The summed E-state index contributed by atoms with van der Waals surface area (Å²) >= 11 is 0. The first-order valence-electron chi connectivity index (χ1n) is 8.08. The lowest BCUT2D eigenvalue weighted by atomic mass is 10.1. The second-order valence-corrected chi connectivity index (χ2v) is 5.27. The van der Waals surface area contributed by atoms with Crippen LogP contribution in [-0.4, -0.2) is 11.2 Å². The van der Waals surface area contributed by atoms with Crippen molar-refractivity contribution in [3.05, 3.63) is 12.2 Å². The Bertz CT molecular complexity index is 255. The minimum atomic E-state index is -0.467. The van der Waals surface area contributed by atoms with E-state index in [9.17, 15) is 0 Å². The van der Waals surface area contributed by atoms with Crippen LogP contribution in [0.4, 0.5) is 0 Å². The van der Waals surface area contributed by atoms with Gasteiger partial charge in [0.2, 0.25) is 0 Å². The zero-order chi connectivity index (χ0) is 14.2. The Morgan fingerprint density at radius 1 is 0.895 bits per heavy atom. The smallest absolute Gasteiger partial charge is 0.111 e. The molecular weight excluding hydrogens is 232 g/mol. The highest BCUT2D eigenvalue weighted by atomic mass is 16.3. The zero-order valence-corrected chi connectivity index (χ0v) is 13.0. The van der Waals surface area contributed by atoms with Crippen LogP contribution in [0.25, 0.3) is 0 Å². The van der Waals surface area contributed by atoms with Gasteiger partial charge in [-0.2, -0.15) is 0 Å². The summed E-state index contributed by atoms with van der Waals surface area (Å²) in [5, 5.41) is 8.96. The van der Waals surface area contributed by atoms with E-state index in [1.807, 2.05) is 0 Å². The lowest BCUT2D eigenvalue weighted by Gasteiger charge is -1.99. The van der Waals surface area contributed by atoms with Gasteiger partial charge in [-0.05, 0) is 32.6 Å². The topological polar surface area (TPSA) is 20.2 Å². The van der Waals surface area contributed by atoms with Gasteiger partial charge in [-0.3, -0.25) is 0 Å². The van der Waals surface area contributed by atoms with Gasteiger partial charge in [0.15, 0.2) is 0 Å². The molecule has 1 N–H and O–H groups in total. The minimum absolute atomic E-state index is 0.467. The molecule has 0 bridgehead atoms. The fourth-order valence-electron chi connectivity index (χ4n) is 1.96. The zero-order valence-electron chi connectivity index (χ0n) is 13.0. The molecule has 0 heterocycles. The van der Waals surface area contributed by atoms with Crippen molar-refractivity contribution in [2.24, 2.45) is 0 Å². The monoisotopic (exact) mass is 264 g/mol.